The van der Waals surface area contributed by atoms with Gasteiger partial charge < -0.3 is 15.2 Å². The van der Waals surface area contributed by atoms with Gasteiger partial charge in [-0.05, 0) is 24.5 Å². The SMILES string of the molecule is CCc1nncn1CCNC(=NC)NCC1(c2ccccc2Br)CC1.I. The third-order valence-electron chi connectivity index (χ3n) is 4.77. The lowest BCUT2D eigenvalue weighted by Crippen LogP contribution is -2.42. The van der Waals surface area contributed by atoms with Gasteiger partial charge in [-0.1, -0.05) is 41.1 Å². The maximum absolute atomic E-state index is 4.34. The van der Waals surface area contributed by atoms with Gasteiger partial charge in [0.25, 0.3) is 0 Å². The van der Waals surface area contributed by atoms with Crippen LogP contribution in [0.4, 0.5) is 0 Å². The standard InChI is InChI=1S/C18H25BrN6.HI/c1-3-16-24-23-13-25(16)11-10-21-17(20-2)22-12-18(8-9-18)14-6-4-5-7-15(14)19;/h4-7,13H,3,8-12H2,1-2H3,(H2,20,21,22);1H. The van der Waals surface area contributed by atoms with Gasteiger partial charge in [-0.2, -0.15) is 0 Å². The number of halogens is 2. The summed E-state index contributed by atoms with van der Waals surface area (Å²) in [6, 6.07) is 8.50. The van der Waals surface area contributed by atoms with Gasteiger partial charge in [0.2, 0.25) is 0 Å². The summed E-state index contributed by atoms with van der Waals surface area (Å²) in [6.45, 7) is 4.59. The van der Waals surface area contributed by atoms with E-state index in [1.807, 2.05) is 7.05 Å². The molecule has 1 heterocycles. The van der Waals surface area contributed by atoms with Gasteiger partial charge in [0, 0.05) is 43.0 Å². The second-order valence-electron chi connectivity index (χ2n) is 6.41. The summed E-state index contributed by atoms with van der Waals surface area (Å²) in [7, 11) is 1.81. The number of aliphatic imine (C=N–C) groups is 1. The molecule has 1 aromatic carbocycles. The summed E-state index contributed by atoms with van der Waals surface area (Å²) in [6.07, 6.45) is 5.09. The number of nitrogens with one attached hydrogen (secondary N) is 2. The average molecular weight is 533 g/mol. The Morgan fingerprint density at radius 2 is 2.08 bits per heavy atom. The molecule has 0 atom stereocenters. The zero-order chi connectivity index (χ0) is 17.7. The third-order valence-corrected chi connectivity index (χ3v) is 5.47. The fourth-order valence-corrected chi connectivity index (χ4v) is 3.80. The van der Waals surface area contributed by atoms with Gasteiger partial charge in [0.1, 0.15) is 12.2 Å². The average Bonchev–Trinajstić information content (AvgIpc) is 3.28. The Balaban J connectivity index is 0.00000243. The minimum Gasteiger partial charge on any atom is -0.356 e. The molecule has 0 radical (unpaired) electrons. The van der Waals surface area contributed by atoms with Crippen molar-refractivity contribution in [3.05, 3.63) is 46.5 Å². The van der Waals surface area contributed by atoms with Crippen LogP contribution in [0.2, 0.25) is 0 Å². The van der Waals surface area contributed by atoms with E-state index in [0.717, 1.165) is 37.8 Å². The normalized spacial score (nSPS) is 15.3. The molecule has 0 aliphatic heterocycles. The summed E-state index contributed by atoms with van der Waals surface area (Å²) in [5.74, 6) is 1.85. The number of nitrogens with zero attached hydrogens (tertiary/aromatic N) is 4. The Bertz CT molecular complexity index is 741. The predicted molar refractivity (Wildman–Crippen MR) is 119 cm³/mol. The lowest BCUT2D eigenvalue weighted by molar-refractivity contribution is 0.614. The maximum Gasteiger partial charge on any atom is 0.191 e. The molecule has 1 saturated carbocycles. The van der Waals surface area contributed by atoms with Crippen LogP contribution in [0.15, 0.2) is 40.1 Å². The lowest BCUT2D eigenvalue weighted by Gasteiger charge is -2.20. The van der Waals surface area contributed by atoms with E-state index in [1.165, 1.54) is 22.9 Å². The topological polar surface area (TPSA) is 67.1 Å². The van der Waals surface area contributed by atoms with E-state index in [4.69, 9.17) is 0 Å². The highest BCUT2D eigenvalue weighted by Gasteiger charge is 2.45. The Morgan fingerprint density at radius 1 is 1.31 bits per heavy atom. The molecule has 1 aromatic heterocycles. The molecule has 1 aliphatic carbocycles. The molecule has 0 bridgehead atoms. The number of guanidine groups is 1. The van der Waals surface area contributed by atoms with E-state index in [1.54, 1.807) is 6.33 Å². The van der Waals surface area contributed by atoms with Crippen LogP contribution in [0.3, 0.4) is 0 Å². The Kier molecular flexibility index (Phi) is 7.87. The first kappa shape index (κ1) is 21.1. The van der Waals surface area contributed by atoms with E-state index in [0.29, 0.717) is 0 Å². The molecule has 0 amide bonds. The maximum atomic E-state index is 4.34. The highest BCUT2D eigenvalue weighted by atomic mass is 127. The number of hydrogen-bond donors (Lipinski definition) is 2. The highest BCUT2D eigenvalue weighted by molar-refractivity contribution is 14.0. The van der Waals surface area contributed by atoms with Crippen molar-refractivity contribution < 1.29 is 0 Å². The van der Waals surface area contributed by atoms with Crippen molar-refractivity contribution in [3.8, 4) is 0 Å². The summed E-state index contributed by atoms with van der Waals surface area (Å²) >= 11 is 3.69. The first-order valence-electron chi connectivity index (χ1n) is 8.75. The molecule has 8 heteroatoms. The van der Waals surface area contributed by atoms with E-state index < -0.39 is 0 Å². The zero-order valence-electron chi connectivity index (χ0n) is 15.2. The summed E-state index contributed by atoms with van der Waals surface area (Å²) < 4.78 is 3.26. The number of benzene rings is 1. The quantitative estimate of drug-likeness (QED) is 0.326. The molecular formula is C18H26BrIN6. The van der Waals surface area contributed by atoms with Gasteiger partial charge in [0.15, 0.2) is 5.96 Å². The summed E-state index contributed by atoms with van der Waals surface area (Å²) in [5, 5.41) is 14.9. The second kappa shape index (κ2) is 9.68. The first-order valence-corrected chi connectivity index (χ1v) is 9.54. The lowest BCUT2D eigenvalue weighted by atomic mass is 9.96. The van der Waals surface area contributed by atoms with Crippen LogP contribution < -0.4 is 10.6 Å². The molecule has 142 valence electrons. The molecule has 6 nitrogen and oxygen atoms in total. The molecule has 3 rings (SSSR count). The molecule has 2 N–H and O–H groups in total. The van der Waals surface area contributed by atoms with Crippen molar-refractivity contribution in [2.24, 2.45) is 4.99 Å². The minimum absolute atomic E-state index is 0. The molecule has 0 saturated heterocycles. The van der Waals surface area contributed by atoms with Crippen LogP contribution in [0.1, 0.15) is 31.2 Å². The van der Waals surface area contributed by atoms with Crippen molar-refractivity contribution >= 4 is 45.9 Å². The molecule has 0 spiro atoms. The van der Waals surface area contributed by atoms with Crippen molar-refractivity contribution in [2.75, 3.05) is 20.1 Å². The van der Waals surface area contributed by atoms with Crippen LogP contribution in [0.5, 0.6) is 0 Å². The van der Waals surface area contributed by atoms with Crippen molar-refractivity contribution in [3.63, 3.8) is 0 Å². The Morgan fingerprint density at radius 3 is 2.73 bits per heavy atom. The van der Waals surface area contributed by atoms with Gasteiger partial charge >= 0.3 is 0 Å². The molecule has 2 aromatic rings. The fraction of sp³-hybridized carbons (Fsp3) is 0.500. The van der Waals surface area contributed by atoms with E-state index in [-0.39, 0.29) is 29.4 Å². The van der Waals surface area contributed by atoms with E-state index in [2.05, 4.69) is 77.5 Å². The molecule has 1 aliphatic rings. The fourth-order valence-electron chi connectivity index (χ4n) is 3.09. The van der Waals surface area contributed by atoms with Gasteiger partial charge in [-0.25, -0.2) is 0 Å². The number of aromatic nitrogens is 3. The zero-order valence-corrected chi connectivity index (χ0v) is 19.1. The largest absolute Gasteiger partial charge is 0.356 e. The van der Waals surface area contributed by atoms with Crippen LogP contribution in [0, 0.1) is 0 Å². The molecular weight excluding hydrogens is 507 g/mol. The van der Waals surface area contributed by atoms with Gasteiger partial charge in [0.05, 0.1) is 0 Å². The molecule has 26 heavy (non-hydrogen) atoms. The number of hydrogen-bond acceptors (Lipinski definition) is 3. The van der Waals surface area contributed by atoms with E-state index >= 15 is 0 Å². The summed E-state index contributed by atoms with van der Waals surface area (Å²) in [5.41, 5.74) is 1.61. The smallest absolute Gasteiger partial charge is 0.191 e. The Labute approximate surface area is 180 Å². The predicted octanol–water partition coefficient (Wildman–Crippen LogP) is 3.12. The van der Waals surface area contributed by atoms with Crippen LogP contribution in [-0.4, -0.2) is 40.9 Å². The monoisotopic (exact) mass is 532 g/mol. The third kappa shape index (κ3) is 4.97. The van der Waals surface area contributed by atoms with E-state index in [9.17, 15) is 0 Å². The van der Waals surface area contributed by atoms with Crippen molar-refractivity contribution in [1.82, 2.24) is 25.4 Å². The first-order chi connectivity index (χ1) is 12.2. The van der Waals surface area contributed by atoms with Crippen LogP contribution in [0.25, 0.3) is 0 Å². The minimum atomic E-state index is 0. The molecule has 1 fully saturated rings. The number of aryl methyl sites for hydroxylation is 1. The van der Waals surface area contributed by atoms with Crippen LogP contribution >= 0.6 is 39.9 Å². The van der Waals surface area contributed by atoms with Gasteiger partial charge in [-0.15, -0.1) is 34.2 Å². The summed E-state index contributed by atoms with van der Waals surface area (Å²) in [4.78, 5) is 4.34. The van der Waals surface area contributed by atoms with Crippen molar-refractivity contribution in [1.29, 1.82) is 0 Å². The van der Waals surface area contributed by atoms with Crippen LogP contribution in [-0.2, 0) is 18.4 Å². The highest BCUT2D eigenvalue weighted by Crippen LogP contribution is 2.49. The Hall–Kier alpha value is -1.16. The molecule has 0 unspecified atom stereocenters. The van der Waals surface area contributed by atoms with Gasteiger partial charge in [-0.3, -0.25) is 4.99 Å². The number of rotatable bonds is 7. The van der Waals surface area contributed by atoms with Crippen molar-refractivity contribution in [2.45, 2.75) is 38.1 Å². The second-order valence-corrected chi connectivity index (χ2v) is 7.26.